The van der Waals surface area contributed by atoms with E-state index in [4.69, 9.17) is 0 Å². The summed E-state index contributed by atoms with van der Waals surface area (Å²) >= 11 is 0. The fourth-order valence-electron chi connectivity index (χ4n) is 2.40. The zero-order chi connectivity index (χ0) is 16.2. The summed E-state index contributed by atoms with van der Waals surface area (Å²) in [6, 6.07) is 4.15. The van der Waals surface area contributed by atoms with Gasteiger partial charge in [0.15, 0.2) is 0 Å². The van der Waals surface area contributed by atoms with Crippen molar-refractivity contribution in [2.75, 3.05) is 6.54 Å². The molecule has 2 aromatic heterocycles. The maximum atomic E-state index is 4.24. The number of nitrogens with one attached hydrogen (secondary N) is 1. The van der Waals surface area contributed by atoms with Crippen molar-refractivity contribution in [3.63, 3.8) is 0 Å². The Morgan fingerprint density at radius 2 is 2.05 bits per heavy atom. The second kappa shape index (κ2) is 7.01. The van der Waals surface area contributed by atoms with Crippen molar-refractivity contribution in [1.82, 2.24) is 25.3 Å². The van der Waals surface area contributed by atoms with Crippen LogP contribution in [0.5, 0.6) is 0 Å². The minimum atomic E-state index is -0.0264. The average molecular weight is 301 g/mol. The normalized spacial score (nSPS) is 13.5. The molecule has 1 N–H and O–H groups in total. The largest absolute Gasteiger partial charge is 0.310 e. The molecule has 0 fully saturated rings. The highest BCUT2D eigenvalue weighted by molar-refractivity contribution is 5.16. The van der Waals surface area contributed by atoms with Crippen LogP contribution < -0.4 is 5.32 Å². The van der Waals surface area contributed by atoms with E-state index in [-0.39, 0.29) is 5.54 Å². The molecule has 22 heavy (non-hydrogen) atoms. The van der Waals surface area contributed by atoms with Crippen molar-refractivity contribution in [3.05, 3.63) is 42.0 Å². The molecular weight excluding hydrogens is 274 g/mol. The van der Waals surface area contributed by atoms with Gasteiger partial charge in [-0.15, -0.1) is 5.10 Å². The first-order chi connectivity index (χ1) is 10.4. The Hall–Kier alpha value is -1.75. The van der Waals surface area contributed by atoms with Crippen molar-refractivity contribution in [2.45, 2.75) is 52.6 Å². The molecule has 2 heterocycles. The Morgan fingerprint density at radius 3 is 2.59 bits per heavy atom. The molecule has 0 aliphatic rings. The van der Waals surface area contributed by atoms with Crippen LogP contribution >= 0.6 is 0 Å². The van der Waals surface area contributed by atoms with Crippen molar-refractivity contribution in [2.24, 2.45) is 5.92 Å². The highest BCUT2D eigenvalue weighted by Gasteiger charge is 2.17. The second-order valence-electron chi connectivity index (χ2n) is 7.09. The summed E-state index contributed by atoms with van der Waals surface area (Å²) in [5.74, 6) is 1.01. The number of hydrogen-bond donors (Lipinski definition) is 1. The highest BCUT2D eigenvalue weighted by atomic mass is 15.4. The van der Waals surface area contributed by atoms with Gasteiger partial charge in [-0.05, 0) is 38.3 Å². The average Bonchev–Trinajstić information content (AvgIpc) is 2.93. The Kier molecular flexibility index (Phi) is 5.29. The molecule has 0 aliphatic heterocycles. The van der Waals surface area contributed by atoms with Crippen LogP contribution in [-0.2, 0) is 12.1 Å². The maximum absolute atomic E-state index is 4.24. The molecule has 0 spiro atoms. The van der Waals surface area contributed by atoms with Gasteiger partial charge in [0.2, 0.25) is 0 Å². The third-order valence-corrected chi connectivity index (χ3v) is 3.82. The van der Waals surface area contributed by atoms with E-state index in [1.807, 2.05) is 29.3 Å². The molecule has 0 radical (unpaired) electrons. The molecule has 0 amide bonds. The van der Waals surface area contributed by atoms with Crippen LogP contribution in [0.1, 0.15) is 51.8 Å². The Labute approximate surface area is 133 Å². The quantitative estimate of drug-likeness (QED) is 0.891. The molecular formula is C17H27N5. The maximum Gasteiger partial charge on any atom is 0.0965 e. The molecule has 5 heteroatoms. The molecule has 0 bridgehead atoms. The minimum absolute atomic E-state index is 0.0264. The summed E-state index contributed by atoms with van der Waals surface area (Å²) in [4.78, 5) is 4.23. The molecule has 1 atom stereocenters. The van der Waals surface area contributed by atoms with Gasteiger partial charge in [0.05, 0.1) is 17.4 Å². The summed E-state index contributed by atoms with van der Waals surface area (Å²) in [6.07, 6.45) is 5.79. The minimum Gasteiger partial charge on any atom is -0.310 e. The van der Waals surface area contributed by atoms with Crippen LogP contribution in [-0.4, -0.2) is 26.5 Å². The standard InChI is InChI=1S/C17H27N5/c1-13(2)16(14-7-6-8-18-9-14)11-19-10-15-12-22(21-20-15)17(3,4)5/h6-9,12-13,16,19H,10-11H2,1-5H3/t16-/m0/s1. The van der Waals surface area contributed by atoms with Gasteiger partial charge in [0.1, 0.15) is 0 Å². The van der Waals surface area contributed by atoms with Gasteiger partial charge in [-0.1, -0.05) is 25.1 Å². The number of hydrogen-bond acceptors (Lipinski definition) is 4. The Bertz CT molecular complexity index is 568. The zero-order valence-electron chi connectivity index (χ0n) is 14.2. The molecule has 0 unspecified atom stereocenters. The second-order valence-corrected chi connectivity index (χ2v) is 7.09. The van der Waals surface area contributed by atoms with Crippen LogP contribution in [0.3, 0.4) is 0 Å². The predicted molar refractivity (Wildman–Crippen MR) is 88.5 cm³/mol. The third-order valence-electron chi connectivity index (χ3n) is 3.82. The fraction of sp³-hybridized carbons (Fsp3) is 0.588. The summed E-state index contributed by atoms with van der Waals surface area (Å²) in [7, 11) is 0. The van der Waals surface area contributed by atoms with Crippen LogP contribution in [0.2, 0.25) is 0 Å². The lowest BCUT2D eigenvalue weighted by Crippen LogP contribution is -2.25. The fourth-order valence-corrected chi connectivity index (χ4v) is 2.40. The van der Waals surface area contributed by atoms with Gasteiger partial charge < -0.3 is 5.32 Å². The van der Waals surface area contributed by atoms with Gasteiger partial charge in [-0.25, -0.2) is 4.68 Å². The van der Waals surface area contributed by atoms with E-state index in [9.17, 15) is 0 Å². The molecule has 0 saturated carbocycles. The SMILES string of the molecule is CC(C)[C@H](CNCc1cn(C(C)(C)C)nn1)c1cccnc1. The Balaban J connectivity index is 1.93. The predicted octanol–water partition coefficient (Wildman–Crippen LogP) is 2.96. The first kappa shape index (κ1) is 16.6. The van der Waals surface area contributed by atoms with E-state index >= 15 is 0 Å². The van der Waals surface area contributed by atoms with Crippen LogP contribution in [0.25, 0.3) is 0 Å². The topological polar surface area (TPSA) is 55.6 Å². The molecule has 120 valence electrons. The molecule has 0 aliphatic carbocycles. The summed E-state index contributed by atoms with van der Waals surface area (Å²) < 4.78 is 1.91. The van der Waals surface area contributed by atoms with E-state index in [1.54, 1.807) is 0 Å². The lowest BCUT2D eigenvalue weighted by molar-refractivity contribution is 0.347. The highest BCUT2D eigenvalue weighted by Crippen LogP contribution is 2.22. The first-order valence-electron chi connectivity index (χ1n) is 7.90. The number of aromatic nitrogens is 4. The summed E-state index contributed by atoms with van der Waals surface area (Å²) in [6.45, 7) is 12.5. The van der Waals surface area contributed by atoms with Crippen LogP contribution in [0, 0.1) is 5.92 Å². The zero-order valence-corrected chi connectivity index (χ0v) is 14.2. The van der Waals surface area contributed by atoms with E-state index in [0.29, 0.717) is 11.8 Å². The molecule has 0 aromatic carbocycles. The number of rotatable bonds is 6. The van der Waals surface area contributed by atoms with E-state index in [0.717, 1.165) is 18.8 Å². The van der Waals surface area contributed by atoms with Crippen LogP contribution in [0.4, 0.5) is 0 Å². The van der Waals surface area contributed by atoms with Gasteiger partial charge in [-0.3, -0.25) is 4.98 Å². The van der Waals surface area contributed by atoms with Crippen molar-refractivity contribution < 1.29 is 0 Å². The number of nitrogens with zero attached hydrogens (tertiary/aromatic N) is 4. The smallest absolute Gasteiger partial charge is 0.0965 e. The molecule has 2 aromatic rings. The van der Waals surface area contributed by atoms with Crippen molar-refractivity contribution in [3.8, 4) is 0 Å². The van der Waals surface area contributed by atoms with Crippen LogP contribution in [0.15, 0.2) is 30.7 Å². The third kappa shape index (κ3) is 4.37. The molecule has 0 saturated heterocycles. The lowest BCUT2D eigenvalue weighted by Gasteiger charge is -2.21. The van der Waals surface area contributed by atoms with Crippen molar-refractivity contribution >= 4 is 0 Å². The monoisotopic (exact) mass is 301 g/mol. The number of pyridine rings is 1. The first-order valence-corrected chi connectivity index (χ1v) is 7.90. The van der Waals surface area contributed by atoms with E-state index in [1.165, 1.54) is 5.56 Å². The van der Waals surface area contributed by atoms with E-state index < -0.39 is 0 Å². The lowest BCUT2D eigenvalue weighted by atomic mass is 9.89. The van der Waals surface area contributed by atoms with Crippen molar-refractivity contribution in [1.29, 1.82) is 0 Å². The Morgan fingerprint density at radius 1 is 1.27 bits per heavy atom. The summed E-state index contributed by atoms with van der Waals surface area (Å²) in [5, 5.41) is 11.9. The van der Waals surface area contributed by atoms with Gasteiger partial charge in [0, 0.05) is 31.4 Å². The van der Waals surface area contributed by atoms with Gasteiger partial charge in [-0.2, -0.15) is 0 Å². The van der Waals surface area contributed by atoms with Gasteiger partial charge in [0.25, 0.3) is 0 Å². The summed E-state index contributed by atoms with van der Waals surface area (Å²) in [5.41, 5.74) is 2.23. The van der Waals surface area contributed by atoms with E-state index in [2.05, 4.69) is 61.3 Å². The molecule has 5 nitrogen and oxygen atoms in total. The molecule has 2 rings (SSSR count). The van der Waals surface area contributed by atoms with Gasteiger partial charge >= 0.3 is 0 Å².